The largest absolute Gasteiger partial charge is 0.495 e. The molecule has 0 fully saturated rings. The van der Waals surface area contributed by atoms with Gasteiger partial charge in [-0.05, 0) is 38.0 Å². The molecule has 0 aliphatic carbocycles. The average Bonchev–Trinajstić information content (AvgIpc) is 2.44. The van der Waals surface area contributed by atoms with Crippen molar-refractivity contribution in [1.29, 1.82) is 0 Å². The minimum atomic E-state index is -3.84. The molecule has 0 aromatic heterocycles. The highest BCUT2D eigenvalue weighted by Crippen LogP contribution is 2.26. The summed E-state index contributed by atoms with van der Waals surface area (Å²) in [5.41, 5.74) is -0.378. The Hall–Kier alpha value is -1.60. The van der Waals surface area contributed by atoms with Crippen LogP contribution in [0.5, 0.6) is 5.75 Å². The number of ether oxygens (including phenoxy) is 1. The molecule has 0 aliphatic heterocycles. The van der Waals surface area contributed by atoms with Gasteiger partial charge in [0.2, 0.25) is 10.0 Å². The Morgan fingerprint density at radius 2 is 2.05 bits per heavy atom. The minimum Gasteiger partial charge on any atom is -0.495 e. The second-order valence-corrected chi connectivity index (χ2v) is 6.93. The summed E-state index contributed by atoms with van der Waals surface area (Å²) < 4.78 is 32.1. The first-order valence-corrected chi connectivity index (χ1v) is 8.02. The zero-order valence-electron chi connectivity index (χ0n) is 12.6. The summed E-state index contributed by atoms with van der Waals surface area (Å²) >= 11 is 0. The van der Waals surface area contributed by atoms with Gasteiger partial charge >= 0.3 is 5.97 Å². The van der Waals surface area contributed by atoms with Crippen molar-refractivity contribution >= 4 is 16.0 Å². The maximum atomic E-state index is 12.4. The lowest BCUT2D eigenvalue weighted by molar-refractivity contribution is -0.147. The molecule has 1 aromatic carbocycles. The van der Waals surface area contributed by atoms with E-state index in [1.54, 1.807) is 26.0 Å². The first-order valence-electron chi connectivity index (χ1n) is 6.54. The molecular formula is C14H21NO5S. The molecule has 0 saturated heterocycles. The topological polar surface area (TPSA) is 92.7 Å². The van der Waals surface area contributed by atoms with E-state index in [9.17, 15) is 18.3 Å². The fourth-order valence-corrected chi connectivity index (χ4v) is 3.10. The van der Waals surface area contributed by atoms with Crippen molar-refractivity contribution in [2.24, 2.45) is 5.41 Å². The van der Waals surface area contributed by atoms with E-state index in [1.165, 1.54) is 20.1 Å². The number of aryl methyl sites for hydroxylation is 1. The molecule has 1 atom stereocenters. The van der Waals surface area contributed by atoms with Gasteiger partial charge in [-0.3, -0.25) is 4.79 Å². The quantitative estimate of drug-likeness (QED) is 0.800. The first kappa shape index (κ1) is 17.5. The van der Waals surface area contributed by atoms with Crippen LogP contribution in [0.3, 0.4) is 0 Å². The lowest BCUT2D eigenvalue weighted by Crippen LogP contribution is -2.40. The van der Waals surface area contributed by atoms with E-state index in [4.69, 9.17) is 4.74 Å². The van der Waals surface area contributed by atoms with E-state index in [0.29, 0.717) is 6.42 Å². The standard InChI is InChI=1S/C14H21NO5S/c1-5-14(3,13(16)17)9-15-21(18,19)12-8-10(2)6-7-11(12)20-4/h6-8,15H,5,9H2,1-4H3,(H,16,17). The third-order valence-electron chi connectivity index (χ3n) is 3.56. The maximum absolute atomic E-state index is 12.4. The monoisotopic (exact) mass is 315 g/mol. The lowest BCUT2D eigenvalue weighted by Gasteiger charge is -2.23. The molecule has 2 N–H and O–H groups in total. The van der Waals surface area contributed by atoms with Gasteiger partial charge in [-0.2, -0.15) is 0 Å². The van der Waals surface area contributed by atoms with Crippen molar-refractivity contribution in [1.82, 2.24) is 4.72 Å². The van der Waals surface area contributed by atoms with Gasteiger partial charge in [0.25, 0.3) is 0 Å². The number of nitrogens with one attached hydrogen (secondary N) is 1. The molecule has 0 radical (unpaired) electrons. The second-order valence-electron chi connectivity index (χ2n) is 5.20. The number of aliphatic carboxylic acids is 1. The van der Waals surface area contributed by atoms with Gasteiger partial charge in [-0.25, -0.2) is 13.1 Å². The summed E-state index contributed by atoms with van der Waals surface area (Å²) in [6.07, 6.45) is 0.315. The molecule has 0 heterocycles. The van der Waals surface area contributed by atoms with Crippen LogP contribution in [0.1, 0.15) is 25.8 Å². The number of hydrogen-bond acceptors (Lipinski definition) is 4. The number of carboxylic acid groups (broad SMARTS) is 1. The molecule has 1 rings (SSSR count). The Morgan fingerprint density at radius 1 is 1.43 bits per heavy atom. The summed E-state index contributed by atoms with van der Waals surface area (Å²) in [6, 6.07) is 4.80. The number of rotatable bonds is 7. The van der Waals surface area contributed by atoms with Crippen LogP contribution in [0.4, 0.5) is 0 Å². The van der Waals surface area contributed by atoms with Crippen molar-refractivity contribution in [3.05, 3.63) is 23.8 Å². The van der Waals surface area contributed by atoms with Gasteiger partial charge in [-0.15, -0.1) is 0 Å². The zero-order valence-corrected chi connectivity index (χ0v) is 13.5. The zero-order chi connectivity index (χ0) is 16.3. The van der Waals surface area contributed by atoms with Crippen LogP contribution in [0, 0.1) is 12.3 Å². The summed E-state index contributed by atoms with van der Waals surface area (Å²) in [5.74, 6) is -0.814. The van der Waals surface area contributed by atoms with Crippen LogP contribution in [0.2, 0.25) is 0 Å². The van der Waals surface area contributed by atoms with E-state index >= 15 is 0 Å². The van der Waals surface area contributed by atoms with Gasteiger partial charge < -0.3 is 9.84 Å². The molecule has 6 nitrogen and oxygen atoms in total. The molecule has 1 unspecified atom stereocenters. The molecule has 0 amide bonds. The first-order chi connectivity index (χ1) is 9.66. The predicted octanol–water partition coefficient (Wildman–Crippen LogP) is 1.78. The van der Waals surface area contributed by atoms with Gasteiger partial charge in [-0.1, -0.05) is 13.0 Å². The van der Waals surface area contributed by atoms with Gasteiger partial charge in [0.05, 0.1) is 12.5 Å². The Bertz CT molecular complexity index is 626. The number of benzene rings is 1. The van der Waals surface area contributed by atoms with Gasteiger partial charge in [0.15, 0.2) is 0 Å². The molecular weight excluding hydrogens is 294 g/mol. The smallest absolute Gasteiger partial charge is 0.310 e. The Morgan fingerprint density at radius 3 is 2.52 bits per heavy atom. The number of carboxylic acids is 1. The average molecular weight is 315 g/mol. The van der Waals surface area contributed by atoms with Crippen molar-refractivity contribution in [3.8, 4) is 5.75 Å². The number of methoxy groups -OCH3 is 1. The highest BCUT2D eigenvalue weighted by atomic mass is 32.2. The highest BCUT2D eigenvalue weighted by molar-refractivity contribution is 7.89. The summed E-state index contributed by atoms with van der Waals surface area (Å²) in [6.45, 7) is 4.80. The van der Waals surface area contributed by atoms with Crippen LogP contribution in [0.25, 0.3) is 0 Å². The Labute approximate surface area is 125 Å². The Kier molecular flexibility index (Phi) is 5.36. The number of hydrogen-bond donors (Lipinski definition) is 2. The van der Waals surface area contributed by atoms with Crippen LogP contribution in [0.15, 0.2) is 23.1 Å². The normalized spacial score (nSPS) is 14.5. The van der Waals surface area contributed by atoms with Crippen molar-refractivity contribution in [2.75, 3.05) is 13.7 Å². The minimum absolute atomic E-state index is 0.00819. The lowest BCUT2D eigenvalue weighted by atomic mass is 9.88. The van der Waals surface area contributed by atoms with Crippen molar-refractivity contribution < 1.29 is 23.1 Å². The number of carbonyl (C=O) groups is 1. The Balaban J connectivity index is 3.08. The summed E-state index contributed by atoms with van der Waals surface area (Å²) in [7, 11) is -2.45. The van der Waals surface area contributed by atoms with Crippen molar-refractivity contribution in [2.45, 2.75) is 32.1 Å². The van der Waals surface area contributed by atoms with Gasteiger partial charge in [0.1, 0.15) is 10.6 Å². The molecule has 1 aromatic rings. The highest BCUT2D eigenvalue weighted by Gasteiger charge is 2.33. The van der Waals surface area contributed by atoms with Gasteiger partial charge in [0, 0.05) is 6.54 Å². The van der Waals surface area contributed by atoms with Crippen molar-refractivity contribution in [3.63, 3.8) is 0 Å². The van der Waals surface area contributed by atoms with E-state index in [0.717, 1.165) is 5.56 Å². The second kappa shape index (κ2) is 6.44. The number of sulfonamides is 1. The van der Waals surface area contributed by atoms with Crippen LogP contribution >= 0.6 is 0 Å². The molecule has 7 heteroatoms. The predicted molar refractivity (Wildman–Crippen MR) is 79.0 cm³/mol. The maximum Gasteiger partial charge on any atom is 0.310 e. The van der Waals surface area contributed by atoms with E-state index in [-0.39, 0.29) is 17.2 Å². The molecule has 0 saturated carbocycles. The van der Waals surface area contributed by atoms with E-state index in [1.807, 2.05) is 0 Å². The van der Waals surface area contributed by atoms with E-state index < -0.39 is 21.4 Å². The molecule has 118 valence electrons. The van der Waals surface area contributed by atoms with Crippen LogP contribution < -0.4 is 9.46 Å². The summed E-state index contributed by atoms with van der Waals surface area (Å²) in [4.78, 5) is 11.2. The van der Waals surface area contributed by atoms with E-state index in [2.05, 4.69) is 4.72 Å². The fourth-order valence-electron chi connectivity index (χ4n) is 1.68. The van der Waals surface area contributed by atoms with Crippen LogP contribution in [-0.2, 0) is 14.8 Å². The third-order valence-corrected chi connectivity index (χ3v) is 4.98. The SMILES string of the molecule is CCC(C)(CNS(=O)(=O)c1cc(C)ccc1OC)C(=O)O. The fraction of sp³-hybridized carbons (Fsp3) is 0.500. The molecule has 21 heavy (non-hydrogen) atoms. The summed E-state index contributed by atoms with van der Waals surface area (Å²) in [5, 5.41) is 9.19. The molecule has 0 spiro atoms. The van der Waals surface area contributed by atoms with Crippen LogP contribution in [-0.4, -0.2) is 33.1 Å². The molecule has 0 bridgehead atoms. The third kappa shape index (κ3) is 3.95. The molecule has 0 aliphatic rings.